The number of hydrogen-bond acceptors (Lipinski definition) is 3. The lowest BCUT2D eigenvalue weighted by Gasteiger charge is -2.33. The second kappa shape index (κ2) is 9.75. The fraction of sp³-hybridized carbons (Fsp3) is 0.882. The summed E-state index contributed by atoms with van der Waals surface area (Å²) in [6.45, 7) is 11.0. The van der Waals surface area contributed by atoms with Crippen molar-refractivity contribution in [3.05, 3.63) is 0 Å². The monoisotopic (exact) mass is 326 g/mol. The molecule has 6 heteroatoms. The van der Waals surface area contributed by atoms with Crippen molar-refractivity contribution >= 4 is 11.9 Å². The van der Waals surface area contributed by atoms with Crippen molar-refractivity contribution in [2.24, 2.45) is 4.99 Å². The predicted molar refractivity (Wildman–Crippen MR) is 94.7 cm³/mol. The Morgan fingerprint density at radius 1 is 1.35 bits per heavy atom. The highest BCUT2D eigenvalue weighted by molar-refractivity contribution is 5.81. The first-order chi connectivity index (χ1) is 10.9. The van der Waals surface area contributed by atoms with Crippen molar-refractivity contribution in [1.82, 2.24) is 15.5 Å². The van der Waals surface area contributed by atoms with E-state index in [1.54, 1.807) is 7.11 Å². The number of aliphatic imine (C=N–C) groups is 1. The van der Waals surface area contributed by atoms with Gasteiger partial charge in [0.05, 0.1) is 12.1 Å². The van der Waals surface area contributed by atoms with Crippen LogP contribution >= 0.6 is 0 Å². The third kappa shape index (κ3) is 7.20. The molecule has 23 heavy (non-hydrogen) atoms. The van der Waals surface area contributed by atoms with Gasteiger partial charge < -0.3 is 20.3 Å². The standard InChI is InChI=1S/C17H34N4O2/c1-6-18-16(20-13-17(3,4)23-5)19-11-10-15(22)21-12-8-7-9-14(21)2/h14H,6-13H2,1-5H3,(H2,18,19,20). The molecule has 1 heterocycles. The maximum Gasteiger partial charge on any atom is 0.224 e. The number of piperidine rings is 1. The summed E-state index contributed by atoms with van der Waals surface area (Å²) in [7, 11) is 1.69. The van der Waals surface area contributed by atoms with Crippen LogP contribution in [0.25, 0.3) is 0 Å². The lowest BCUT2D eigenvalue weighted by Crippen LogP contribution is -2.44. The number of amides is 1. The Labute approximate surface area is 141 Å². The van der Waals surface area contributed by atoms with Crippen LogP contribution in [0.1, 0.15) is 53.4 Å². The first kappa shape index (κ1) is 19.7. The Morgan fingerprint density at radius 3 is 2.70 bits per heavy atom. The highest BCUT2D eigenvalue weighted by atomic mass is 16.5. The van der Waals surface area contributed by atoms with Crippen LogP contribution in [0, 0.1) is 0 Å². The molecule has 0 aromatic rings. The summed E-state index contributed by atoms with van der Waals surface area (Å²) in [6, 6.07) is 0.376. The maximum absolute atomic E-state index is 12.3. The number of carbonyl (C=O) groups is 1. The topological polar surface area (TPSA) is 66.0 Å². The molecule has 2 N–H and O–H groups in total. The molecular formula is C17H34N4O2. The number of likely N-dealkylation sites (tertiary alicyclic amines) is 1. The number of guanidine groups is 1. The van der Waals surface area contributed by atoms with Crippen molar-refractivity contribution in [2.45, 2.75) is 65.0 Å². The van der Waals surface area contributed by atoms with E-state index in [-0.39, 0.29) is 11.5 Å². The number of nitrogens with one attached hydrogen (secondary N) is 2. The van der Waals surface area contributed by atoms with Gasteiger partial charge in [-0.2, -0.15) is 0 Å². The SMILES string of the molecule is CCNC(=NCC(C)(C)OC)NCCC(=O)N1CCCCC1C. The Kier molecular flexibility index (Phi) is 8.37. The highest BCUT2D eigenvalue weighted by Gasteiger charge is 2.22. The van der Waals surface area contributed by atoms with Crippen LogP contribution in [0.15, 0.2) is 4.99 Å². The molecule has 1 rings (SSSR count). The normalized spacial score (nSPS) is 19.6. The van der Waals surface area contributed by atoms with Gasteiger partial charge in [0.2, 0.25) is 5.91 Å². The first-order valence-corrected chi connectivity index (χ1v) is 8.76. The Hall–Kier alpha value is -1.30. The van der Waals surface area contributed by atoms with Gasteiger partial charge in [-0.25, -0.2) is 0 Å². The summed E-state index contributed by atoms with van der Waals surface area (Å²) >= 11 is 0. The average Bonchev–Trinajstić information content (AvgIpc) is 2.53. The molecular weight excluding hydrogens is 292 g/mol. The van der Waals surface area contributed by atoms with E-state index < -0.39 is 0 Å². The molecule has 0 spiro atoms. The largest absolute Gasteiger partial charge is 0.377 e. The number of carbonyl (C=O) groups excluding carboxylic acids is 1. The Morgan fingerprint density at radius 2 is 2.09 bits per heavy atom. The summed E-state index contributed by atoms with van der Waals surface area (Å²) < 4.78 is 5.38. The lowest BCUT2D eigenvalue weighted by molar-refractivity contribution is -0.134. The van der Waals surface area contributed by atoms with Crippen LogP contribution in [-0.4, -0.2) is 61.7 Å². The number of rotatable bonds is 7. The molecule has 0 aromatic heterocycles. The molecule has 0 aromatic carbocycles. The van der Waals surface area contributed by atoms with Crippen LogP contribution in [0.4, 0.5) is 0 Å². The molecule has 6 nitrogen and oxygen atoms in total. The summed E-state index contributed by atoms with van der Waals surface area (Å²) in [4.78, 5) is 18.9. The smallest absolute Gasteiger partial charge is 0.224 e. The third-order valence-corrected chi connectivity index (χ3v) is 4.27. The molecule has 0 aliphatic carbocycles. The van der Waals surface area contributed by atoms with Crippen LogP contribution in [-0.2, 0) is 9.53 Å². The molecule has 134 valence electrons. The Balaban J connectivity index is 2.42. The minimum Gasteiger partial charge on any atom is -0.377 e. The zero-order chi connectivity index (χ0) is 17.3. The van der Waals surface area contributed by atoms with Gasteiger partial charge in [-0.15, -0.1) is 0 Å². The molecule has 0 bridgehead atoms. The first-order valence-electron chi connectivity index (χ1n) is 8.76. The molecule has 1 saturated heterocycles. The van der Waals surface area contributed by atoms with Crippen LogP contribution in [0.2, 0.25) is 0 Å². The van der Waals surface area contributed by atoms with E-state index in [9.17, 15) is 4.79 Å². The molecule has 0 radical (unpaired) electrons. The molecule has 1 atom stereocenters. The van der Waals surface area contributed by atoms with Gasteiger partial charge in [0, 0.05) is 39.2 Å². The minimum absolute atomic E-state index is 0.234. The van der Waals surface area contributed by atoms with Gasteiger partial charge in [-0.3, -0.25) is 9.79 Å². The van der Waals surface area contributed by atoms with E-state index in [1.165, 1.54) is 6.42 Å². The maximum atomic E-state index is 12.3. The number of methoxy groups -OCH3 is 1. The number of nitrogens with zero attached hydrogens (tertiary/aromatic N) is 2. The summed E-state index contributed by atoms with van der Waals surface area (Å²) in [5.41, 5.74) is -0.290. The second-order valence-corrected chi connectivity index (χ2v) is 6.77. The molecule has 1 aliphatic heterocycles. The number of ether oxygens (including phenoxy) is 1. The van der Waals surface area contributed by atoms with Crippen LogP contribution in [0.3, 0.4) is 0 Å². The van der Waals surface area contributed by atoms with Gasteiger partial charge in [-0.05, 0) is 47.0 Å². The van der Waals surface area contributed by atoms with E-state index in [0.29, 0.717) is 25.6 Å². The van der Waals surface area contributed by atoms with Gasteiger partial charge in [0.25, 0.3) is 0 Å². The zero-order valence-electron chi connectivity index (χ0n) is 15.4. The van der Waals surface area contributed by atoms with E-state index in [1.807, 2.05) is 25.7 Å². The highest BCUT2D eigenvalue weighted by Crippen LogP contribution is 2.16. The molecule has 1 unspecified atom stereocenters. The third-order valence-electron chi connectivity index (χ3n) is 4.27. The predicted octanol–water partition coefficient (Wildman–Crippen LogP) is 1.76. The molecule has 1 fully saturated rings. The van der Waals surface area contributed by atoms with E-state index in [0.717, 1.165) is 31.9 Å². The zero-order valence-corrected chi connectivity index (χ0v) is 15.4. The molecule has 1 amide bonds. The van der Waals surface area contributed by atoms with Gasteiger partial charge in [0.15, 0.2) is 5.96 Å². The van der Waals surface area contributed by atoms with Gasteiger partial charge in [-0.1, -0.05) is 0 Å². The quantitative estimate of drug-likeness (QED) is 0.553. The van der Waals surface area contributed by atoms with Crippen molar-refractivity contribution < 1.29 is 9.53 Å². The van der Waals surface area contributed by atoms with E-state index in [2.05, 4.69) is 22.5 Å². The van der Waals surface area contributed by atoms with Crippen LogP contribution in [0.5, 0.6) is 0 Å². The molecule has 1 aliphatic rings. The van der Waals surface area contributed by atoms with Gasteiger partial charge >= 0.3 is 0 Å². The van der Waals surface area contributed by atoms with Crippen molar-refractivity contribution in [1.29, 1.82) is 0 Å². The van der Waals surface area contributed by atoms with E-state index in [4.69, 9.17) is 4.74 Å². The van der Waals surface area contributed by atoms with Crippen LogP contribution < -0.4 is 10.6 Å². The van der Waals surface area contributed by atoms with Crippen molar-refractivity contribution in [3.8, 4) is 0 Å². The number of hydrogen-bond donors (Lipinski definition) is 2. The average molecular weight is 326 g/mol. The Bertz CT molecular complexity index is 396. The summed E-state index contributed by atoms with van der Waals surface area (Å²) in [5.74, 6) is 0.967. The van der Waals surface area contributed by atoms with E-state index >= 15 is 0 Å². The van der Waals surface area contributed by atoms with Crippen molar-refractivity contribution in [3.63, 3.8) is 0 Å². The fourth-order valence-electron chi connectivity index (χ4n) is 2.58. The van der Waals surface area contributed by atoms with Gasteiger partial charge in [0.1, 0.15) is 0 Å². The summed E-state index contributed by atoms with van der Waals surface area (Å²) in [6.07, 6.45) is 3.98. The second-order valence-electron chi connectivity index (χ2n) is 6.77. The minimum atomic E-state index is -0.290. The fourth-order valence-corrected chi connectivity index (χ4v) is 2.58. The van der Waals surface area contributed by atoms with Crippen molar-refractivity contribution in [2.75, 3.05) is 33.3 Å². The molecule has 0 saturated carbocycles. The summed E-state index contributed by atoms with van der Waals surface area (Å²) in [5, 5.41) is 6.44. The lowest BCUT2D eigenvalue weighted by atomic mass is 10.0.